The van der Waals surface area contributed by atoms with Gasteiger partial charge in [-0.05, 0) is 32.9 Å². The highest BCUT2D eigenvalue weighted by atomic mass is 79.9. The Kier molecular flexibility index (Phi) is 4.27. The van der Waals surface area contributed by atoms with E-state index in [4.69, 9.17) is 4.74 Å². The molecule has 0 fully saturated rings. The molecule has 0 amide bonds. The summed E-state index contributed by atoms with van der Waals surface area (Å²) in [4.78, 5) is 15.7. The molecule has 0 aliphatic heterocycles. The van der Waals surface area contributed by atoms with Crippen LogP contribution in [0.1, 0.15) is 32.4 Å². The van der Waals surface area contributed by atoms with Crippen LogP contribution in [0.15, 0.2) is 22.8 Å². The standard InChI is InChI=1S/C11H14BrNO2/c1-7(2)15-11(14)8(3)10-6-9(12)4-5-13-10/h4-8H,1-3H3. The number of carbonyl (C=O) groups excluding carboxylic acids is 1. The third-order valence-electron chi connectivity index (χ3n) is 1.89. The van der Waals surface area contributed by atoms with Gasteiger partial charge in [0.05, 0.1) is 17.7 Å². The lowest BCUT2D eigenvalue weighted by Gasteiger charge is -2.13. The maximum atomic E-state index is 11.6. The summed E-state index contributed by atoms with van der Waals surface area (Å²) >= 11 is 3.34. The summed E-state index contributed by atoms with van der Waals surface area (Å²) in [6.45, 7) is 5.46. The van der Waals surface area contributed by atoms with E-state index in [-0.39, 0.29) is 18.0 Å². The fourth-order valence-corrected chi connectivity index (χ4v) is 1.47. The minimum absolute atomic E-state index is 0.0906. The van der Waals surface area contributed by atoms with Crippen molar-refractivity contribution in [1.82, 2.24) is 4.98 Å². The highest BCUT2D eigenvalue weighted by molar-refractivity contribution is 9.10. The molecule has 0 saturated carbocycles. The SMILES string of the molecule is CC(C)OC(=O)C(C)c1cc(Br)ccn1. The van der Waals surface area contributed by atoms with Gasteiger partial charge in [-0.3, -0.25) is 9.78 Å². The van der Waals surface area contributed by atoms with Crippen molar-refractivity contribution in [2.75, 3.05) is 0 Å². The summed E-state index contributed by atoms with van der Waals surface area (Å²) in [7, 11) is 0. The molecule has 1 aromatic rings. The summed E-state index contributed by atoms with van der Waals surface area (Å²) in [6.07, 6.45) is 1.57. The van der Waals surface area contributed by atoms with Crippen LogP contribution in [0.5, 0.6) is 0 Å². The Morgan fingerprint density at radius 1 is 1.47 bits per heavy atom. The molecule has 1 heterocycles. The van der Waals surface area contributed by atoms with Crippen molar-refractivity contribution in [3.63, 3.8) is 0 Å². The predicted molar refractivity (Wildman–Crippen MR) is 61.6 cm³/mol. The van der Waals surface area contributed by atoms with Crippen LogP contribution in [0.2, 0.25) is 0 Å². The molecule has 1 aromatic heterocycles. The fourth-order valence-electron chi connectivity index (χ4n) is 1.11. The van der Waals surface area contributed by atoms with Crippen LogP contribution in [0.4, 0.5) is 0 Å². The van der Waals surface area contributed by atoms with E-state index in [1.807, 2.05) is 26.0 Å². The Bertz CT molecular complexity index is 352. The first-order chi connectivity index (χ1) is 7.00. The maximum Gasteiger partial charge on any atom is 0.314 e. The third-order valence-corrected chi connectivity index (χ3v) is 2.39. The Morgan fingerprint density at radius 3 is 2.67 bits per heavy atom. The third kappa shape index (κ3) is 3.63. The van der Waals surface area contributed by atoms with Crippen molar-refractivity contribution >= 4 is 21.9 Å². The van der Waals surface area contributed by atoms with Crippen LogP contribution in [-0.2, 0) is 9.53 Å². The molecule has 0 radical (unpaired) electrons. The quantitative estimate of drug-likeness (QED) is 0.794. The number of hydrogen-bond acceptors (Lipinski definition) is 3. The zero-order valence-corrected chi connectivity index (χ0v) is 10.6. The molecular formula is C11H14BrNO2. The zero-order valence-electron chi connectivity index (χ0n) is 9.03. The lowest BCUT2D eigenvalue weighted by Crippen LogP contribution is -2.18. The highest BCUT2D eigenvalue weighted by Crippen LogP contribution is 2.18. The van der Waals surface area contributed by atoms with Gasteiger partial charge in [0.2, 0.25) is 0 Å². The molecule has 82 valence electrons. The Balaban J connectivity index is 2.76. The van der Waals surface area contributed by atoms with E-state index in [2.05, 4.69) is 20.9 Å². The van der Waals surface area contributed by atoms with Crippen LogP contribution < -0.4 is 0 Å². The Morgan fingerprint density at radius 2 is 2.13 bits per heavy atom. The van der Waals surface area contributed by atoms with Crippen LogP contribution >= 0.6 is 15.9 Å². The van der Waals surface area contributed by atoms with Crippen molar-refractivity contribution in [2.24, 2.45) is 0 Å². The van der Waals surface area contributed by atoms with Crippen molar-refractivity contribution in [1.29, 1.82) is 0 Å². The van der Waals surface area contributed by atoms with Gasteiger partial charge in [-0.25, -0.2) is 0 Å². The number of nitrogens with zero attached hydrogens (tertiary/aromatic N) is 1. The van der Waals surface area contributed by atoms with Gasteiger partial charge in [-0.2, -0.15) is 0 Å². The maximum absolute atomic E-state index is 11.6. The largest absolute Gasteiger partial charge is 0.462 e. The first kappa shape index (κ1) is 12.2. The van der Waals surface area contributed by atoms with Gasteiger partial charge in [0.15, 0.2) is 0 Å². The average Bonchev–Trinajstić information content (AvgIpc) is 2.15. The first-order valence-electron chi connectivity index (χ1n) is 4.82. The molecule has 4 heteroatoms. The molecule has 1 unspecified atom stereocenters. The lowest BCUT2D eigenvalue weighted by atomic mass is 10.1. The fraction of sp³-hybridized carbons (Fsp3) is 0.455. The zero-order chi connectivity index (χ0) is 11.4. The van der Waals surface area contributed by atoms with E-state index in [1.54, 1.807) is 13.1 Å². The summed E-state index contributed by atoms with van der Waals surface area (Å²) in [6, 6.07) is 3.65. The molecule has 0 spiro atoms. The van der Waals surface area contributed by atoms with Crippen LogP contribution in [-0.4, -0.2) is 17.1 Å². The van der Waals surface area contributed by atoms with E-state index in [1.165, 1.54) is 0 Å². The number of aromatic nitrogens is 1. The second-order valence-electron chi connectivity index (χ2n) is 3.61. The summed E-state index contributed by atoms with van der Waals surface area (Å²) in [5.41, 5.74) is 0.718. The monoisotopic (exact) mass is 271 g/mol. The van der Waals surface area contributed by atoms with E-state index < -0.39 is 0 Å². The van der Waals surface area contributed by atoms with Gasteiger partial charge in [0.1, 0.15) is 0 Å². The molecule has 3 nitrogen and oxygen atoms in total. The van der Waals surface area contributed by atoms with E-state index >= 15 is 0 Å². The molecule has 0 N–H and O–H groups in total. The Hall–Kier alpha value is -0.900. The number of esters is 1. The Labute approximate surface area is 98.0 Å². The predicted octanol–water partition coefficient (Wildman–Crippen LogP) is 2.90. The van der Waals surface area contributed by atoms with E-state index in [9.17, 15) is 4.79 Å². The number of ether oxygens (including phenoxy) is 1. The lowest BCUT2D eigenvalue weighted by molar-refractivity contribution is -0.148. The van der Waals surface area contributed by atoms with Gasteiger partial charge in [-0.1, -0.05) is 15.9 Å². The van der Waals surface area contributed by atoms with Crippen molar-refractivity contribution < 1.29 is 9.53 Å². The molecule has 0 aliphatic rings. The first-order valence-corrected chi connectivity index (χ1v) is 5.62. The van der Waals surface area contributed by atoms with Crippen LogP contribution in [0, 0.1) is 0 Å². The van der Waals surface area contributed by atoms with Gasteiger partial charge >= 0.3 is 5.97 Å². The molecule has 0 aliphatic carbocycles. The molecule has 15 heavy (non-hydrogen) atoms. The van der Waals surface area contributed by atoms with Crippen LogP contribution in [0.25, 0.3) is 0 Å². The number of carbonyl (C=O) groups is 1. The summed E-state index contributed by atoms with van der Waals surface area (Å²) < 4.78 is 6.03. The number of pyridine rings is 1. The highest BCUT2D eigenvalue weighted by Gasteiger charge is 2.19. The van der Waals surface area contributed by atoms with Gasteiger partial charge in [0.25, 0.3) is 0 Å². The van der Waals surface area contributed by atoms with E-state index in [0.29, 0.717) is 0 Å². The smallest absolute Gasteiger partial charge is 0.314 e. The average molecular weight is 272 g/mol. The number of rotatable bonds is 3. The molecule has 0 saturated heterocycles. The topological polar surface area (TPSA) is 39.2 Å². The normalized spacial score (nSPS) is 12.6. The van der Waals surface area contributed by atoms with Gasteiger partial charge < -0.3 is 4.74 Å². The molecule has 0 bridgehead atoms. The van der Waals surface area contributed by atoms with Crippen molar-refractivity contribution in [3.05, 3.63) is 28.5 Å². The molecule has 1 atom stereocenters. The number of halogens is 1. The molecule has 0 aromatic carbocycles. The van der Waals surface area contributed by atoms with E-state index in [0.717, 1.165) is 10.2 Å². The van der Waals surface area contributed by atoms with Gasteiger partial charge in [-0.15, -0.1) is 0 Å². The summed E-state index contributed by atoms with van der Waals surface area (Å²) in [5, 5.41) is 0. The second-order valence-corrected chi connectivity index (χ2v) is 4.52. The van der Waals surface area contributed by atoms with Crippen LogP contribution in [0.3, 0.4) is 0 Å². The second kappa shape index (κ2) is 5.26. The molecular weight excluding hydrogens is 258 g/mol. The molecule has 1 rings (SSSR count). The summed E-state index contributed by atoms with van der Waals surface area (Å²) in [5.74, 6) is -0.569. The van der Waals surface area contributed by atoms with Crippen molar-refractivity contribution in [2.45, 2.75) is 32.8 Å². The van der Waals surface area contributed by atoms with Gasteiger partial charge in [0, 0.05) is 10.7 Å². The minimum atomic E-state index is -0.329. The minimum Gasteiger partial charge on any atom is -0.462 e. The van der Waals surface area contributed by atoms with Crippen molar-refractivity contribution in [3.8, 4) is 0 Å². The number of hydrogen-bond donors (Lipinski definition) is 0.